The lowest BCUT2D eigenvalue weighted by atomic mass is 9.75. The van der Waals surface area contributed by atoms with Gasteiger partial charge in [-0.1, -0.05) is 20.8 Å². The molecule has 0 aliphatic carbocycles. The molecule has 1 unspecified atom stereocenters. The number of hydrogen-bond acceptors (Lipinski definition) is 4. The lowest BCUT2D eigenvalue weighted by Gasteiger charge is -2.38. The van der Waals surface area contributed by atoms with Crippen molar-refractivity contribution in [1.29, 1.82) is 0 Å². The predicted octanol–water partition coefficient (Wildman–Crippen LogP) is 1.53. The Bertz CT molecular complexity index is 301. The van der Waals surface area contributed by atoms with E-state index < -0.39 is 27.6 Å². The van der Waals surface area contributed by atoms with Crippen LogP contribution in [0.3, 0.4) is 0 Å². The maximum absolute atomic E-state index is 12.0. The van der Waals surface area contributed by atoms with Gasteiger partial charge in [0, 0.05) is 0 Å². The number of rotatable bonds is 2. The molecular weight excluding hydrogens is 226 g/mol. The monoisotopic (exact) mass is 247 g/mol. The third-order valence-corrected chi connectivity index (χ3v) is 2.59. The minimum atomic E-state index is -1.73. The average molecular weight is 247 g/mol. The summed E-state index contributed by atoms with van der Waals surface area (Å²) in [6, 6.07) is 0. The van der Waals surface area contributed by atoms with E-state index in [4.69, 9.17) is 10.5 Å². The van der Waals surface area contributed by atoms with Crippen LogP contribution in [0.5, 0.6) is 0 Å². The van der Waals surface area contributed by atoms with E-state index in [2.05, 4.69) is 12.6 Å². The molecule has 0 aromatic heterocycles. The van der Waals surface area contributed by atoms with Crippen molar-refractivity contribution in [1.82, 2.24) is 0 Å². The van der Waals surface area contributed by atoms with Gasteiger partial charge in [-0.3, -0.25) is 4.79 Å². The summed E-state index contributed by atoms with van der Waals surface area (Å²) < 4.78 is 5.16. The lowest BCUT2D eigenvalue weighted by Crippen LogP contribution is -2.63. The van der Waals surface area contributed by atoms with Crippen LogP contribution in [0.4, 0.5) is 0 Å². The summed E-state index contributed by atoms with van der Waals surface area (Å²) in [4.78, 5) is 23.4. The summed E-state index contributed by atoms with van der Waals surface area (Å²) in [7, 11) is 0. The number of thiol groups is 1. The summed E-state index contributed by atoms with van der Waals surface area (Å²) in [5.74, 6) is -0.743. The summed E-state index contributed by atoms with van der Waals surface area (Å²) in [5, 5.41) is -0.686. The van der Waals surface area contributed by atoms with Gasteiger partial charge in [0.15, 0.2) is 5.54 Å². The zero-order valence-electron chi connectivity index (χ0n) is 10.7. The van der Waals surface area contributed by atoms with E-state index in [-0.39, 0.29) is 0 Å². The molecule has 2 N–H and O–H groups in total. The van der Waals surface area contributed by atoms with Crippen LogP contribution in [-0.2, 0) is 14.3 Å². The Balaban J connectivity index is 5.26. The highest BCUT2D eigenvalue weighted by molar-refractivity contribution is 7.97. The molecule has 0 radical (unpaired) electrons. The fourth-order valence-electron chi connectivity index (χ4n) is 1.07. The van der Waals surface area contributed by atoms with E-state index in [1.807, 2.05) is 0 Å². The fourth-order valence-corrected chi connectivity index (χ4v) is 1.50. The first-order chi connectivity index (χ1) is 6.82. The second-order valence-electron chi connectivity index (χ2n) is 5.87. The Labute approximate surface area is 102 Å². The minimum Gasteiger partial charge on any atom is -0.458 e. The van der Waals surface area contributed by atoms with E-state index in [0.717, 1.165) is 0 Å². The quantitative estimate of drug-likeness (QED) is 0.441. The molecule has 4 nitrogen and oxygen atoms in total. The molecule has 0 aromatic rings. The van der Waals surface area contributed by atoms with Crippen LogP contribution in [0.1, 0.15) is 41.5 Å². The highest BCUT2D eigenvalue weighted by Gasteiger charge is 2.52. The number of nitrogens with two attached hydrogens (primary N) is 1. The topological polar surface area (TPSA) is 69.4 Å². The van der Waals surface area contributed by atoms with E-state index in [1.165, 1.54) is 0 Å². The van der Waals surface area contributed by atoms with Gasteiger partial charge < -0.3 is 10.5 Å². The summed E-state index contributed by atoms with van der Waals surface area (Å²) in [5.41, 5.74) is 2.70. The van der Waals surface area contributed by atoms with Gasteiger partial charge in [0.25, 0.3) is 0 Å². The van der Waals surface area contributed by atoms with Crippen molar-refractivity contribution in [3.63, 3.8) is 0 Å². The van der Waals surface area contributed by atoms with E-state index in [0.29, 0.717) is 0 Å². The van der Waals surface area contributed by atoms with Crippen LogP contribution in [0.2, 0.25) is 0 Å². The van der Waals surface area contributed by atoms with E-state index in [9.17, 15) is 9.59 Å². The molecule has 94 valence electrons. The molecule has 0 amide bonds. The van der Waals surface area contributed by atoms with Crippen LogP contribution in [0.25, 0.3) is 0 Å². The third kappa shape index (κ3) is 3.22. The van der Waals surface area contributed by atoms with Crippen molar-refractivity contribution >= 4 is 23.7 Å². The predicted molar refractivity (Wildman–Crippen MR) is 66.2 cm³/mol. The Morgan fingerprint density at radius 2 is 1.44 bits per heavy atom. The zero-order chi connectivity index (χ0) is 13.4. The highest BCUT2D eigenvalue weighted by atomic mass is 32.1. The Morgan fingerprint density at radius 3 is 1.62 bits per heavy atom. The van der Waals surface area contributed by atoms with Crippen molar-refractivity contribution in [3.05, 3.63) is 0 Å². The summed E-state index contributed by atoms with van der Waals surface area (Å²) in [6.45, 7) is 10.3. The molecule has 0 saturated carbocycles. The van der Waals surface area contributed by atoms with Crippen LogP contribution in [0.15, 0.2) is 0 Å². The van der Waals surface area contributed by atoms with Gasteiger partial charge in [0.1, 0.15) is 5.60 Å². The van der Waals surface area contributed by atoms with Gasteiger partial charge in [0.2, 0.25) is 5.12 Å². The molecule has 0 bridgehead atoms. The molecular formula is C11H21NO3S. The molecule has 0 aromatic carbocycles. The summed E-state index contributed by atoms with van der Waals surface area (Å²) in [6.07, 6.45) is 0. The number of hydrogen-bond donors (Lipinski definition) is 2. The van der Waals surface area contributed by atoms with Crippen LogP contribution < -0.4 is 5.73 Å². The molecule has 0 heterocycles. The van der Waals surface area contributed by atoms with E-state index in [1.54, 1.807) is 41.5 Å². The largest absolute Gasteiger partial charge is 0.458 e. The van der Waals surface area contributed by atoms with Gasteiger partial charge in [-0.05, 0) is 26.2 Å². The Kier molecular flexibility index (Phi) is 4.22. The van der Waals surface area contributed by atoms with Gasteiger partial charge in [0.05, 0.1) is 0 Å². The van der Waals surface area contributed by atoms with Crippen molar-refractivity contribution in [3.8, 4) is 0 Å². The second kappa shape index (κ2) is 4.37. The zero-order valence-corrected chi connectivity index (χ0v) is 11.6. The first-order valence-corrected chi connectivity index (χ1v) is 5.53. The Morgan fingerprint density at radius 1 is 1.06 bits per heavy atom. The SMILES string of the molecule is CC(C)(C)OC(=O)C(N)(C(=O)S)C(C)(C)C. The molecule has 1 atom stereocenters. The van der Waals surface area contributed by atoms with Gasteiger partial charge in [-0.25, -0.2) is 4.79 Å². The average Bonchev–Trinajstić information content (AvgIpc) is 1.96. The maximum Gasteiger partial charge on any atom is 0.335 e. The van der Waals surface area contributed by atoms with Crippen molar-refractivity contribution in [2.75, 3.05) is 0 Å². The molecule has 0 fully saturated rings. The molecule has 0 spiro atoms. The van der Waals surface area contributed by atoms with Crippen LogP contribution >= 0.6 is 12.6 Å². The first-order valence-electron chi connectivity index (χ1n) is 5.08. The smallest absolute Gasteiger partial charge is 0.335 e. The molecule has 16 heavy (non-hydrogen) atoms. The van der Waals surface area contributed by atoms with Gasteiger partial charge >= 0.3 is 5.97 Å². The molecule has 0 aliphatic heterocycles. The number of carbonyl (C=O) groups excluding carboxylic acids is 2. The molecule has 0 aliphatic rings. The lowest BCUT2D eigenvalue weighted by molar-refractivity contribution is -0.167. The van der Waals surface area contributed by atoms with E-state index >= 15 is 0 Å². The molecule has 0 rings (SSSR count). The third-order valence-electron chi connectivity index (χ3n) is 2.24. The highest BCUT2D eigenvalue weighted by Crippen LogP contribution is 2.32. The number of ether oxygens (including phenoxy) is 1. The standard InChI is InChI=1S/C11H21NO3S/c1-9(2,3)11(12,8(14)16)7(13)15-10(4,5)6/h12H2,1-6H3,(H,14,16). The molecule has 5 heteroatoms. The first kappa shape index (κ1) is 15.4. The molecule has 0 saturated heterocycles. The fraction of sp³-hybridized carbons (Fsp3) is 0.818. The minimum absolute atomic E-state index is 0.684. The summed E-state index contributed by atoms with van der Waals surface area (Å²) >= 11 is 3.70. The van der Waals surface area contributed by atoms with Crippen LogP contribution in [-0.4, -0.2) is 22.2 Å². The number of esters is 1. The van der Waals surface area contributed by atoms with Crippen molar-refractivity contribution < 1.29 is 14.3 Å². The maximum atomic E-state index is 12.0. The normalized spacial score (nSPS) is 16.5. The van der Waals surface area contributed by atoms with Crippen molar-refractivity contribution in [2.24, 2.45) is 11.1 Å². The Hall–Kier alpha value is -0.550. The van der Waals surface area contributed by atoms with Crippen molar-refractivity contribution in [2.45, 2.75) is 52.7 Å². The number of carbonyl (C=O) groups is 2. The van der Waals surface area contributed by atoms with Crippen LogP contribution in [0, 0.1) is 5.41 Å². The van der Waals surface area contributed by atoms with Gasteiger partial charge in [-0.15, -0.1) is 12.6 Å². The second-order valence-corrected chi connectivity index (χ2v) is 6.27. The van der Waals surface area contributed by atoms with Gasteiger partial charge in [-0.2, -0.15) is 0 Å².